The lowest BCUT2D eigenvalue weighted by atomic mass is 10.5. The van der Waals surface area contributed by atoms with Gasteiger partial charge in [0.15, 0.2) is 10.7 Å². The van der Waals surface area contributed by atoms with Gasteiger partial charge in [-0.3, -0.25) is 9.91 Å². The van der Waals surface area contributed by atoms with E-state index >= 15 is 0 Å². The molecule has 0 amide bonds. The number of hydrogen-bond donors (Lipinski definition) is 0. The van der Waals surface area contributed by atoms with Crippen molar-refractivity contribution in [1.82, 2.24) is 19.8 Å². The molecule has 0 aromatic rings. The Morgan fingerprint density at radius 1 is 1.05 bits per heavy atom. The van der Waals surface area contributed by atoms with Gasteiger partial charge in [-0.2, -0.15) is 0 Å². The van der Waals surface area contributed by atoms with E-state index in [4.69, 9.17) is 4.99 Å². The van der Waals surface area contributed by atoms with Gasteiger partial charge in [0.2, 0.25) is 0 Å². The highest BCUT2D eigenvalue weighted by atomic mass is 127. The molecule has 0 spiro atoms. The molecule has 1 aliphatic heterocycles. The molecule has 1 atom stereocenters. The Bertz CT molecular complexity index is 298. The van der Waals surface area contributed by atoms with E-state index in [1.54, 1.807) is 10.8 Å². The molecule has 1 rings (SSSR count). The highest BCUT2D eigenvalue weighted by Gasteiger charge is 2.27. The zero-order chi connectivity index (χ0) is 14.4. The summed E-state index contributed by atoms with van der Waals surface area (Å²) < 4.78 is 0. The van der Waals surface area contributed by atoms with Crippen molar-refractivity contribution in [3.63, 3.8) is 0 Å². The summed E-state index contributed by atoms with van der Waals surface area (Å²) in [6.07, 6.45) is 0. The molecular weight excluding hydrogens is 405 g/mol. The molecule has 1 unspecified atom stereocenters. The van der Waals surface area contributed by atoms with Crippen LogP contribution in [0.1, 0.15) is 13.8 Å². The molecule has 0 aliphatic carbocycles. The smallest absolute Gasteiger partial charge is 0.187 e. The number of likely N-dealkylation sites (N-methyl/N-ethyl adjacent to an activating group) is 1. The van der Waals surface area contributed by atoms with Crippen molar-refractivity contribution in [3.05, 3.63) is 0 Å². The first-order valence-corrected chi connectivity index (χ1v) is 8.95. The van der Waals surface area contributed by atoms with Gasteiger partial charge in [0.1, 0.15) is 0 Å². The Kier molecular flexibility index (Phi) is 10.9. The summed E-state index contributed by atoms with van der Waals surface area (Å²) in [4.78, 5) is 9.18. The van der Waals surface area contributed by atoms with Crippen LogP contribution in [0.15, 0.2) is 4.99 Å². The predicted octanol–water partition coefficient (Wildman–Crippen LogP) is 2.32. The second-order valence-electron chi connectivity index (χ2n) is 4.95. The zero-order valence-electron chi connectivity index (χ0n) is 13.4. The van der Waals surface area contributed by atoms with Gasteiger partial charge >= 0.3 is 0 Å². The van der Waals surface area contributed by atoms with E-state index in [2.05, 4.69) is 61.9 Å². The molecule has 1 aliphatic rings. The molecule has 0 fully saturated rings. The lowest BCUT2D eigenvalue weighted by Crippen LogP contribution is -2.47. The van der Waals surface area contributed by atoms with Crippen LogP contribution in [-0.4, -0.2) is 84.9 Å². The van der Waals surface area contributed by atoms with E-state index in [0.29, 0.717) is 0 Å². The minimum atomic E-state index is 0. The van der Waals surface area contributed by atoms with Crippen LogP contribution in [0.25, 0.3) is 0 Å². The fourth-order valence-electron chi connectivity index (χ4n) is 1.75. The lowest BCUT2D eigenvalue weighted by molar-refractivity contribution is 0.0543. The third-order valence-electron chi connectivity index (χ3n) is 2.92. The molecule has 0 aromatic heterocycles. The van der Waals surface area contributed by atoms with Gasteiger partial charge in [0.05, 0.1) is 0 Å². The second-order valence-corrected chi connectivity index (χ2v) is 7.17. The zero-order valence-corrected chi connectivity index (χ0v) is 17.3. The number of halogens is 1. The van der Waals surface area contributed by atoms with Crippen molar-refractivity contribution in [3.8, 4) is 0 Å². The van der Waals surface area contributed by atoms with E-state index in [1.165, 1.54) is 0 Å². The van der Waals surface area contributed by atoms with Gasteiger partial charge in [-0.15, -0.1) is 24.0 Å². The summed E-state index contributed by atoms with van der Waals surface area (Å²) in [5.74, 6) is 0. The monoisotopic (exact) mass is 433 g/mol. The van der Waals surface area contributed by atoms with Gasteiger partial charge in [-0.1, -0.05) is 13.8 Å². The van der Waals surface area contributed by atoms with Crippen LogP contribution in [0.4, 0.5) is 0 Å². The highest BCUT2D eigenvalue weighted by Crippen LogP contribution is 2.38. The van der Waals surface area contributed by atoms with E-state index in [-0.39, 0.29) is 29.5 Å². The summed E-state index contributed by atoms with van der Waals surface area (Å²) in [6.45, 7) is 8.45. The summed E-state index contributed by atoms with van der Waals surface area (Å²) in [5.41, 5.74) is 0.234. The quantitative estimate of drug-likeness (QED) is 0.347. The van der Waals surface area contributed by atoms with Gasteiger partial charge in [-0.25, -0.2) is 10.0 Å². The standard InChI is InChI=1S/C12H27N5S2.HI/c1-7-16(8-2)17(10-9-14(3)4)12-13-11(15(5)6)18-19-12;/h11H,7-10H2,1-6H3;1H. The molecule has 120 valence electrons. The first-order valence-electron chi connectivity index (χ1n) is 6.74. The van der Waals surface area contributed by atoms with Crippen LogP contribution in [-0.2, 0) is 0 Å². The normalized spacial score (nSPS) is 18.6. The van der Waals surface area contributed by atoms with Gasteiger partial charge in [0.25, 0.3) is 0 Å². The predicted molar refractivity (Wildman–Crippen MR) is 104 cm³/mol. The third kappa shape index (κ3) is 6.27. The molecule has 5 nitrogen and oxygen atoms in total. The molecule has 0 N–H and O–H groups in total. The van der Waals surface area contributed by atoms with Gasteiger partial charge in [0, 0.05) is 26.2 Å². The Morgan fingerprint density at radius 3 is 2.05 bits per heavy atom. The first-order chi connectivity index (χ1) is 8.99. The van der Waals surface area contributed by atoms with Crippen molar-refractivity contribution in [2.24, 2.45) is 4.99 Å². The van der Waals surface area contributed by atoms with E-state index in [0.717, 1.165) is 31.3 Å². The molecule has 0 saturated carbocycles. The largest absolute Gasteiger partial charge is 0.308 e. The second kappa shape index (κ2) is 10.5. The van der Waals surface area contributed by atoms with Crippen molar-refractivity contribution >= 4 is 50.7 Å². The number of amidine groups is 1. The fraction of sp³-hybridized carbons (Fsp3) is 0.917. The molecule has 1 heterocycles. The third-order valence-corrected chi connectivity index (χ3v) is 5.44. The van der Waals surface area contributed by atoms with Crippen LogP contribution in [0, 0.1) is 0 Å². The lowest BCUT2D eigenvalue weighted by Gasteiger charge is -2.35. The number of aliphatic imine (C=N–C) groups is 1. The molecular formula is C12H28IN5S2. The van der Waals surface area contributed by atoms with Crippen LogP contribution in [0.3, 0.4) is 0 Å². The van der Waals surface area contributed by atoms with Gasteiger partial charge < -0.3 is 4.90 Å². The van der Waals surface area contributed by atoms with E-state index < -0.39 is 0 Å². The van der Waals surface area contributed by atoms with Crippen molar-refractivity contribution in [2.45, 2.75) is 19.3 Å². The van der Waals surface area contributed by atoms with Crippen molar-refractivity contribution in [2.75, 3.05) is 54.4 Å². The first kappa shape index (κ1) is 20.8. The Balaban J connectivity index is 0.00000361. The van der Waals surface area contributed by atoms with E-state index in [9.17, 15) is 0 Å². The summed E-state index contributed by atoms with van der Waals surface area (Å²) in [7, 11) is 12.0. The minimum absolute atomic E-state index is 0. The summed E-state index contributed by atoms with van der Waals surface area (Å²) in [6, 6.07) is 0. The topological polar surface area (TPSA) is 25.3 Å². The fourth-order valence-corrected chi connectivity index (χ4v) is 4.29. The number of nitrogens with zero attached hydrogens (tertiary/aromatic N) is 5. The average molecular weight is 433 g/mol. The molecule has 8 heteroatoms. The maximum absolute atomic E-state index is 4.82. The molecule has 0 aromatic carbocycles. The number of rotatable bonds is 7. The Morgan fingerprint density at radius 2 is 1.65 bits per heavy atom. The maximum Gasteiger partial charge on any atom is 0.187 e. The molecule has 0 saturated heterocycles. The summed E-state index contributed by atoms with van der Waals surface area (Å²) in [5, 5.41) is 5.82. The number of hydrazine groups is 1. The SMILES string of the molecule is CCN(CC)N(CCN(C)C)C1=NC(N(C)C)SS1.I. The van der Waals surface area contributed by atoms with E-state index in [1.807, 2.05) is 10.8 Å². The highest BCUT2D eigenvalue weighted by molar-refractivity contribution is 14.0. The number of hydrogen-bond acceptors (Lipinski definition) is 7. The van der Waals surface area contributed by atoms with Crippen molar-refractivity contribution < 1.29 is 0 Å². The Hall–Kier alpha value is 0.780. The van der Waals surface area contributed by atoms with Crippen LogP contribution >= 0.6 is 45.6 Å². The summed E-state index contributed by atoms with van der Waals surface area (Å²) >= 11 is 0. The average Bonchev–Trinajstić information content (AvgIpc) is 2.83. The minimum Gasteiger partial charge on any atom is -0.308 e. The maximum atomic E-state index is 4.82. The van der Waals surface area contributed by atoms with Crippen LogP contribution in [0.5, 0.6) is 0 Å². The Labute approximate surface area is 148 Å². The van der Waals surface area contributed by atoms with Crippen molar-refractivity contribution in [1.29, 1.82) is 0 Å². The molecule has 0 bridgehead atoms. The van der Waals surface area contributed by atoms with Crippen LogP contribution in [0.2, 0.25) is 0 Å². The molecule has 20 heavy (non-hydrogen) atoms. The van der Waals surface area contributed by atoms with Crippen LogP contribution < -0.4 is 0 Å². The molecule has 0 radical (unpaired) electrons. The van der Waals surface area contributed by atoms with Gasteiger partial charge in [-0.05, 0) is 49.8 Å².